The lowest BCUT2D eigenvalue weighted by atomic mass is 10.9. The zero-order chi connectivity index (χ0) is 6.57. The van der Waals surface area contributed by atoms with Crippen LogP contribution in [0.3, 0.4) is 0 Å². The molecule has 2 nitrogen and oxygen atoms in total. The van der Waals surface area contributed by atoms with Gasteiger partial charge in [-0.1, -0.05) is 0 Å². The second-order valence-electron chi connectivity index (χ2n) is 0.880. The monoisotopic (exact) mass is 119 g/mol. The highest BCUT2D eigenvalue weighted by atomic mass is 19.2. The fraction of sp³-hybridized carbons (Fsp3) is 0.250. The Hall–Kier alpha value is -1.11. The Kier molecular flexibility index (Phi) is 2.56. The molecule has 0 aliphatic heterocycles. The maximum atomic E-state index is 11.6. The first-order valence-electron chi connectivity index (χ1n) is 1.69. The van der Waals surface area contributed by atoms with Crippen LogP contribution in [0.4, 0.5) is 8.78 Å². The standard InChI is InChI=1S/C4H3F2NO/c1-7-3(5)4(6)8-2/h2H3/b4-3-. The fourth-order valence-electron chi connectivity index (χ4n) is 0.128. The van der Waals surface area contributed by atoms with Gasteiger partial charge in [0.1, 0.15) is 0 Å². The van der Waals surface area contributed by atoms with Crippen molar-refractivity contribution in [1.29, 1.82) is 0 Å². The third-order valence-electron chi connectivity index (χ3n) is 0.440. The van der Waals surface area contributed by atoms with E-state index < -0.39 is 12.0 Å². The summed E-state index contributed by atoms with van der Waals surface area (Å²) in [6.45, 7) is 5.91. The highest BCUT2D eigenvalue weighted by Gasteiger charge is 2.02. The Bertz CT molecular complexity index is 147. The van der Waals surface area contributed by atoms with Gasteiger partial charge in [-0.2, -0.15) is 9.24 Å². The van der Waals surface area contributed by atoms with Crippen LogP contribution in [-0.4, -0.2) is 7.11 Å². The van der Waals surface area contributed by atoms with E-state index in [1.165, 1.54) is 0 Å². The van der Waals surface area contributed by atoms with E-state index in [2.05, 4.69) is 9.58 Å². The molecule has 44 valence electrons. The van der Waals surface area contributed by atoms with Crippen molar-refractivity contribution in [2.24, 2.45) is 0 Å². The summed E-state index contributed by atoms with van der Waals surface area (Å²) in [5.41, 5.74) is 0. The van der Waals surface area contributed by atoms with E-state index >= 15 is 0 Å². The SMILES string of the molecule is [C-]#[N+]/C(F)=C(/F)OC. The van der Waals surface area contributed by atoms with Crippen molar-refractivity contribution in [3.8, 4) is 0 Å². The molecule has 0 atom stereocenters. The Balaban J connectivity index is 4.10. The molecule has 0 aromatic rings. The van der Waals surface area contributed by atoms with Crippen LogP contribution in [0.25, 0.3) is 4.85 Å². The molecule has 0 spiro atoms. The van der Waals surface area contributed by atoms with Gasteiger partial charge in [0.2, 0.25) is 0 Å². The summed E-state index contributed by atoms with van der Waals surface area (Å²) in [5, 5.41) is 0. The summed E-state index contributed by atoms with van der Waals surface area (Å²) < 4.78 is 26.9. The minimum Gasteiger partial charge on any atom is -0.480 e. The summed E-state index contributed by atoms with van der Waals surface area (Å²) in [6.07, 6.45) is 0. The average molecular weight is 119 g/mol. The molecule has 0 saturated carbocycles. The molecule has 8 heavy (non-hydrogen) atoms. The maximum absolute atomic E-state index is 11.6. The highest BCUT2D eigenvalue weighted by Crippen LogP contribution is 2.08. The first-order chi connectivity index (χ1) is 3.72. The molecular formula is C4H3F2NO. The second-order valence-corrected chi connectivity index (χ2v) is 0.880. The van der Waals surface area contributed by atoms with Crippen LogP contribution in [0.1, 0.15) is 0 Å². The molecule has 4 heteroatoms. The van der Waals surface area contributed by atoms with Crippen molar-refractivity contribution >= 4 is 0 Å². The molecule has 0 rings (SSSR count). The van der Waals surface area contributed by atoms with Gasteiger partial charge in [-0.05, 0) is 0 Å². The second kappa shape index (κ2) is 2.97. The molecular weight excluding hydrogens is 116 g/mol. The molecule has 0 heterocycles. The minimum atomic E-state index is -1.55. The van der Waals surface area contributed by atoms with Crippen LogP contribution in [0.2, 0.25) is 0 Å². The van der Waals surface area contributed by atoms with Gasteiger partial charge in [-0.3, -0.25) is 0 Å². The number of halogens is 2. The zero-order valence-electron chi connectivity index (χ0n) is 4.11. The van der Waals surface area contributed by atoms with Crippen LogP contribution < -0.4 is 0 Å². The zero-order valence-corrected chi connectivity index (χ0v) is 4.11. The molecule has 0 aliphatic rings. The molecule has 0 bridgehead atoms. The van der Waals surface area contributed by atoms with Gasteiger partial charge in [0, 0.05) is 0 Å². The summed E-state index contributed by atoms with van der Waals surface area (Å²) in [7, 11) is 0.945. The fourth-order valence-corrected chi connectivity index (χ4v) is 0.128. The van der Waals surface area contributed by atoms with Crippen LogP contribution in [0.15, 0.2) is 12.0 Å². The van der Waals surface area contributed by atoms with Gasteiger partial charge >= 0.3 is 12.0 Å². The lowest BCUT2D eigenvalue weighted by molar-refractivity contribution is 0.189. The van der Waals surface area contributed by atoms with Gasteiger partial charge in [-0.15, -0.1) is 0 Å². The van der Waals surface area contributed by atoms with Crippen LogP contribution >= 0.6 is 0 Å². The normalized spacial score (nSPS) is 11.8. The van der Waals surface area contributed by atoms with Gasteiger partial charge in [-0.25, -0.2) is 4.39 Å². The number of nitrogens with zero attached hydrogens (tertiary/aromatic N) is 1. The first-order valence-corrected chi connectivity index (χ1v) is 1.69. The highest BCUT2D eigenvalue weighted by molar-refractivity contribution is 5.00. The Morgan fingerprint density at radius 2 is 2.12 bits per heavy atom. The smallest absolute Gasteiger partial charge is 0.402 e. The predicted octanol–water partition coefficient (Wildman–Crippen LogP) is 1.62. The third-order valence-corrected chi connectivity index (χ3v) is 0.440. The maximum Gasteiger partial charge on any atom is 0.402 e. The number of ether oxygens (including phenoxy) is 1. The average Bonchev–Trinajstić information content (AvgIpc) is 1.84. The van der Waals surface area contributed by atoms with Gasteiger partial charge in [0.15, 0.2) is 0 Å². The van der Waals surface area contributed by atoms with E-state index in [9.17, 15) is 8.78 Å². The molecule has 0 N–H and O–H groups in total. The molecule has 0 aromatic carbocycles. The Labute approximate surface area is 45.2 Å². The molecule has 0 fully saturated rings. The van der Waals surface area contributed by atoms with E-state index in [1.807, 2.05) is 0 Å². The minimum absolute atomic E-state index is 0.945. The van der Waals surface area contributed by atoms with Crippen LogP contribution in [0.5, 0.6) is 0 Å². The molecule has 0 radical (unpaired) electrons. The number of rotatable bonds is 1. The van der Waals surface area contributed by atoms with Gasteiger partial charge < -0.3 is 4.74 Å². The lowest BCUT2D eigenvalue weighted by Crippen LogP contribution is -1.77. The van der Waals surface area contributed by atoms with Gasteiger partial charge in [0.05, 0.1) is 13.7 Å². The number of hydrogen-bond donors (Lipinski definition) is 0. The molecule has 0 unspecified atom stereocenters. The molecule has 0 aromatic heterocycles. The van der Waals surface area contributed by atoms with E-state index in [-0.39, 0.29) is 0 Å². The Morgan fingerprint density at radius 1 is 1.62 bits per heavy atom. The van der Waals surface area contributed by atoms with Crippen molar-refractivity contribution in [2.75, 3.05) is 7.11 Å². The van der Waals surface area contributed by atoms with Gasteiger partial charge in [0.25, 0.3) is 0 Å². The molecule has 0 aliphatic carbocycles. The number of hydrogen-bond acceptors (Lipinski definition) is 1. The van der Waals surface area contributed by atoms with E-state index in [0.29, 0.717) is 0 Å². The summed E-state index contributed by atoms with van der Waals surface area (Å²) in [6, 6.07) is -1.47. The molecule has 0 amide bonds. The third kappa shape index (κ3) is 1.56. The number of methoxy groups -OCH3 is 1. The van der Waals surface area contributed by atoms with E-state index in [0.717, 1.165) is 7.11 Å². The van der Waals surface area contributed by atoms with Crippen molar-refractivity contribution in [1.82, 2.24) is 0 Å². The summed E-state index contributed by atoms with van der Waals surface area (Å²) in [4.78, 5) is 2.12. The van der Waals surface area contributed by atoms with Crippen LogP contribution in [0, 0.1) is 6.57 Å². The van der Waals surface area contributed by atoms with E-state index in [1.54, 1.807) is 0 Å². The topological polar surface area (TPSA) is 13.6 Å². The summed E-state index contributed by atoms with van der Waals surface area (Å²) in [5.74, 6) is -1.55. The van der Waals surface area contributed by atoms with Crippen molar-refractivity contribution in [3.63, 3.8) is 0 Å². The van der Waals surface area contributed by atoms with Crippen molar-refractivity contribution in [3.05, 3.63) is 23.4 Å². The Morgan fingerprint density at radius 3 is 2.25 bits per heavy atom. The lowest BCUT2D eigenvalue weighted by Gasteiger charge is -1.88. The quantitative estimate of drug-likeness (QED) is 0.290. The van der Waals surface area contributed by atoms with Crippen molar-refractivity contribution in [2.45, 2.75) is 0 Å². The van der Waals surface area contributed by atoms with Crippen molar-refractivity contribution < 1.29 is 13.5 Å². The summed E-state index contributed by atoms with van der Waals surface area (Å²) >= 11 is 0. The first kappa shape index (κ1) is 6.89. The van der Waals surface area contributed by atoms with Crippen LogP contribution in [-0.2, 0) is 4.74 Å². The largest absolute Gasteiger partial charge is 0.480 e. The predicted molar refractivity (Wildman–Crippen MR) is 22.9 cm³/mol. The molecule has 0 saturated heterocycles. The van der Waals surface area contributed by atoms with E-state index in [4.69, 9.17) is 6.57 Å².